The Hall–Kier alpha value is -2.22. The smallest absolute Gasteiger partial charge is 0.698 e. The van der Waals surface area contributed by atoms with E-state index in [9.17, 15) is 19.8 Å². The van der Waals surface area contributed by atoms with Crippen molar-refractivity contribution in [3.05, 3.63) is 85.0 Å². The van der Waals surface area contributed by atoms with Gasteiger partial charge in [-0.25, -0.2) is 0 Å². The van der Waals surface area contributed by atoms with Gasteiger partial charge in [0.25, 0.3) is 0 Å². The summed E-state index contributed by atoms with van der Waals surface area (Å²) in [5.41, 5.74) is 14.0. The van der Waals surface area contributed by atoms with Gasteiger partial charge in [-0.2, -0.15) is 12.8 Å². The third kappa shape index (κ3) is 23.9. The number of rotatable bonds is 12. The average molecular weight is 615 g/mol. The molecule has 2 aromatic carbocycles. The molecule has 0 radical (unpaired) electrons. The number of carboxylic acids is 2. The van der Waals surface area contributed by atoms with E-state index in [1.165, 1.54) is 88.5 Å². The molecule has 204 valence electrons. The third-order valence-electron chi connectivity index (χ3n) is 5.00. The molecular weight excluding hydrogens is 571 g/mol. The zero-order valence-corrected chi connectivity index (χ0v) is 25.5. The Bertz CT molecular complexity index is 736. The number of hydrogen-bond donors (Lipinski definition) is 0. The van der Waals surface area contributed by atoms with Crippen molar-refractivity contribution in [3.8, 4) is 0 Å². The Morgan fingerprint density at radius 2 is 0.919 bits per heavy atom. The third-order valence-corrected chi connectivity index (χ3v) is 5.00. The summed E-state index contributed by atoms with van der Waals surface area (Å²) in [6, 6.07) is 11.8. The Balaban J connectivity index is -0.000000416. The summed E-state index contributed by atoms with van der Waals surface area (Å²) in [5.74, 6) is -2.60. The van der Waals surface area contributed by atoms with Crippen molar-refractivity contribution in [2.24, 2.45) is 0 Å². The van der Waals surface area contributed by atoms with Crippen molar-refractivity contribution in [2.75, 3.05) is 0 Å². The molecule has 0 heterocycles. The van der Waals surface area contributed by atoms with Crippen molar-refractivity contribution < 1.29 is 19.8 Å². The molecule has 0 aromatic heterocycles. The minimum Gasteiger partial charge on any atom is -0.698 e. The number of aromatic carboxylic acids is 2. The zero-order chi connectivity index (χ0) is 27.6. The van der Waals surface area contributed by atoms with Gasteiger partial charge < -0.3 is 45.1 Å². The quantitative estimate of drug-likeness (QED) is 0.140. The van der Waals surface area contributed by atoms with Gasteiger partial charge in [0.15, 0.2) is 0 Å². The second kappa shape index (κ2) is 28.4. The number of unbranched alkanes of at least 4 members (excludes halogenated alkanes) is 10. The first kappa shape index (κ1) is 39.3. The van der Waals surface area contributed by atoms with E-state index in [4.69, 9.17) is 11.5 Å². The number of nitrogens with one attached hydrogen (secondary N) is 2. The van der Waals surface area contributed by atoms with E-state index in [-0.39, 0.29) is 46.4 Å². The predicted octanol–water partition coefficient (Wildman–Crippen LogP) is 7.45. The van der Waals surface area contributed by atoms with Gasteiger partial charge >= 0.3 is 23.9 Å². The van der Waals surface area contributed by atoms with Crippen molar-refractivity contribution >= 4 is 47.2 Å². The van der Waals surface area contributed by atoms with Gasteiger partial charge in [0.2, 0.25) is 0 Å². The van der Waals surface area contributed by atoms with E-state index >= 15 is 0 Å². The summed E-state index contributed by atoms with van der Waals surface area (Å²) in [6.45, 7) is 12.0. The van der Waals surface area contributed by atoms with Gasteiger partial charge in [-0.3, -0.25) is 0 Å². The number of benzene rings is 2. The van der Waals surface area contributed by atoms with E-state index in [0.29, 0.717) is 0 Å². The SMILES string of the molecule is [CH2-]CCCCCCC.[CH2-]CCCCCCC.[NH-]c1ccccc1C(=O)[O-].[NH-]c1ccccc1C(=O)[O-].[Sn+4]. The van der Waals surface area contributed by atoms with Crippen LogP contribution in [-0.2, 0) is 0 Å². The molecule has 37 heavy (non-hydrogen) atoms. The Morgan fingerprint density at radius 1 is 0.622 bits per heavy atom. The first-order valence-corrected chi connectivity index (χ1v) is 12.9. The minimum absolute atomic E-state index is 0. The molecule has 0 amide bonds. The first-order chi connectivity index (χ1) is 17.3. The van der Waals surface area contributed by atoms with Gasteiger partial charge in [0.1, 0.15) is 0 Å². The van der Waals surface area contributed by atoms with E-state index in [2.05, 4.69) is 27.7 Å². The fourth-order valence-corrected chi connectivity index (χ4v) is 2.88. The van der Waals surface area contributed by atoms with Crippen LogP contribution in [0.25, 0.3) is 11.5 Å². The normalized spacial score (nSPS) is 9.19. The molecule has 0 spiro atoms. The van der Waals surface area contributed by atoms with E-state index in [1.54, 1.807) is 24.3 Å². The van der Waals surface area contributed by atoms with E-state index in [1.807, 2.05) is 0 Å². The van der Waals surface area contributed by atoms with Crippen LogP contribution in [0.1, 0.15) is 112 Å². The maximum absolute atomic E-state index is 10.2. The van der Waals surface area contributed by atoms with Gasteiger partial charge in [-0.1, -0.05) is 127 Å². The van der Waals surface area contributed by atoms with Crippen LogP contribution < -0.4 is 10.2 Å². The van der Waals surface area contributed by atoms with Crippen LogP contribution in [0.3, 0.4) is 0 Å². The molecule has 2 aromatic rings. The summed E-state index contributed by atoms with van der Waals surface area (Å²) in [7, 11) is 0. The van der Waals surface area contributed by atoms with Crippen LogP contribution in [0.15, 0.2) is 48.5 Å². The van der Waals surface area contributed by atoms with Crippen molar-refractivity contribution in [2.45, 2.75) is 90.9 Å². The summed E-state index contributed by atoms with van der Waals surface area (Å²) in [6.07, 6.45) is 16.0. The van der Waals surface area contributed by atoms with Crippen LogP contribution >= 0.6 is 0 Å². The molecule has 2 N–H and O–H groups in total. The maximum Gasteiger partial charge on any atom is 4.00 e. The predicted molar refractivity (Wildman–Crippen MR) is 153 cm³/mol. The van der Waals surface area contributed by atoms with Crippen molar-refractivity contribution in [1.82, 2.24) is 0 Å². The summed E-state index contributed by atoms with van der Waals surface area (Å²) < 4.78 is 0. The molecule has 0 saturated carbocycles. The standard InChI is InChI=1S/2C8H17.2C7H6NO2.Sn/c2*1-3-5-7-8-6-4-2;2*8-6-4-2-1-3-5(6)7(9)10;/h2*1,3-8H2,2H3;2*1-4,8H,(H,9,10);/q4*-1;+4/p-2. The topological polar surface area (TPSA) is 128 Å². The Morgan fingerprint density at radius 3 is 1.14 bits per heavy atom. The average Bonchev–Trinajstić information content (AvgIpc) is 2.86. The molecule has 2 rings (SSSR count). The second-order valence-electron chi connectivity index (χ2n) is 8.20. The largest absolute Gasteiger partial charge is 4.00 e. The second-order valence-corrected chi connectivity index (χ2v) is 8.20. The van der Waals surface area contributed by atoms with E-state index in [0.717, 1.165) is 12.8 Å². The molecule has 7 heteroatoms. The molecule has 0 aliphatic rings. The molecule has 0 saturated heterocycles. The number of carbonyl (C=O) groups is 2. The fraction of sp³-hybridized carbons (Fsp3) is 0.467. The summed E-state index contributed by atoms with van der Waals surface area (Å²) in [4.78, 5) is 20.4. The van der Waals surface area contributed by atoms with Gasteiger partial charge in [-0.05, 0) is 11.1 Å². The van der Waals surface area contributed by atoms with Gasteiger partial charge in [0, 0.05) is 0 Å². The molecule has 0 unspecified atom stereocenters. The summed E-state index contributed by atoms with van der Waals surface area (Å²) >= 11 is 0. The molecule has 0 fully saturated rings. The molecule has 6 nitrogen and oxygen atoms in total. The minimum atomic E-state index is -1.30. The van der Waals surface area contributed by atoms with Crippen LogP contribution in [0.5, 0.6) is 0 Å². The zero-order valence-electron chi connectivity index (χ0n) is 22.7. The monoisotopic (exact) mass is 616 g/mol. The molecule has 0 aliphatic carbocycles. The first-order valence-electron chi connectivity index (χ1n) is 12.9. The van der Waals surface area contributed by atoms with Crippen molar-refractivity contribution in [1.29, 1.82) is 0 Å². The Labute approximate surface area is 242 Å². The molecule has 0 atom stereocenters. The number of carbonyl (C=O) groups excluding carboxylic acids is 2. The molecule has 0 bridgehead atoms. The van der Waals surface area contributed by atoms with Crippen LogP contribution in [0, 0.1) is 13.8 Å². The fourth-order valence-electron chi connectivity index (χ4n) is 2.88. The molecule has 0 aliphatic heterocycles. The van der Waals surface area contributed by atoms with Crippen LogP contribution in [0.2, 0.25) is 0 Å². The van der Waals surface area contributed by atoms with Gasteiger partial charge in [-0.15, -0.1) is 11.4 Å². The van der Waals surface area contributed by atoms with Crippen LogP contribution in [-0.4, -0.2) is 35.8 Å². The Kier molecular flexibility index (Phi) is 30.1. The number of carboxylic acid groups (broad SMARTS) is 2. The van der Waals surface area contributed by atoms with E-state index < -0.39 is 11.9 Å². The number of hydrogen-bond acceptors (Lipinski definition) is 4. The maximum atomic E-state index is 10.2. The van der Waals surface area contributed by atoms with Gasteiger partial charge in [0.05, 0.1) is 11.9 Å². The van der Waals surface area contributed by atoms with Crippen LogP contribution in [0.4, 0.5) is 11.4 Å². The summed E-state index contributed by atoms with van der Waals surface area (Å²) in [5, 5.41) is 20.4. The molecular formula is C30H44N2O4Sn-2. The van der Waals surface area contributed by atoms with Crippen molar-refractivity contribution in [3.63, 3.8) is 0 Å².